The third-order valence-corrected chi connectivity index (χ3v) is 4.09. The number of aryl methyl sites for hydroxylation is 1. The highest BCUT2D eigenvalue weighted by atomic mass is 16.4. The van der Waals surface area contributed by atoms with E-state index in [1.165, 1.54) is 0 Å². The van der Waals surface area contributed by atoms with E-state index in [9.17, 15) is 4.79 Å². The molecule has 0 radical (unpaired) electrons. The molecule has 0 aliphatic heterocycles. The number of carbonyl (C=O) groups is 1. The molecule has 0 aliphatic rings. The summed E-state index contributed by atoms with van der Waals surface area (Å²) in [5, 5.41) is 11.0. The molecule has 1 N–H and O–H groups in total. The first-order valence-electron chi connectivity index (χ1n) is 8.50. The molecule has 0 spiro atoms. The van der Waals surface area contributed by atoms with Crippen LogP contribution < -0.4 is 5.32 Å². The van der Waals surface area contributed by atoms with Crippen LogP contribution in [0.25, 0.3) is 22.9 Å². The number of benzene rings is 2. The Morgan fingerprint density at radius 3 is 2.44 bits per heavy atom. The van der Waals surface area contributed by atoms with E-state index in [4.69, 9.17) is 8.83 Å². The zero-order valence-electron chi connectivity index (χ0n) is 14.7. The van der Waals surface area contributed by atoms with Gasteiger partial charge in [0.1, 0.15) is 5.76 Å². The normalized spacial score (nSPS) is 10.7. The second-order valence-electron chi connectivity index (χ2n) is 6.12. The maximum absolute atomic E-state index is 12.2. The molecule has 134 valence electrons. The number of aromatic nitrogens is 2. The Balaban J connectivity index is 1.47. The van der Waals surface area contributed by atoms with E-state index in [0.717, 1.165) is 16.7 Å². The molecule has 1 amide bonds. The van der Waals surface area contributed by atoms with Crippen LogP contribution in [-0.2, 0) is 6.54 Å². The molecule has 2 heterocycles. The van der Waals surface area contributed by atoms with Gasteiger partial charge in [-0.2, -0.15) is 0 Å². The molecule has 6 heteroatoms. The largest absolute Gasteiger partial charge is 0.467 e. The standard InChI is InChI=1S/C21H17N3O3/c1-14-4-2-5-17(12-14)21-24-23-20(27-21)16-9-7-15(8-10-16)19(25)22-13-18-6-3-11-26-18/h2-12H,13H2,1H3,(H,22,25). The number of furan rings is 1. The predicted molar refractivity (Wildman–Crippen MR) is 99.8 cm³/mol. The number of rotatable bonds is 5. The molecule has 0 bridgehead atoms. The van der Waals surface area contributed by atoms with Gasteiger partial charge < -0.3 is 14.2 Å². The van der Waals surface area contributed by atoms with Gasteiger partial charge in [0.2, 0.25) is 11.8 Å². The first-order valence-corrected chi connectivity index (χ1v) is 8.50. The smallest absolute Gasteiger partial charge is 0.251 e. The van der Waals surface area contributed by atoms with Gasteiger partial charge in [0.15, 0.2) is 0 Å². The van der Waals surface area contributed by atoms with Crippen molar-refractivity contribution in [1.82, 2.24) is 15.5 Å². The van der Waals surface area contributed by atoms with Crippen LogP contribution in [0.1, 0.15) is 21.7 Å². The zero-order chi connectivity index (χ0) is 18.6. The number of carbonyl (C=O) groups excluding carboxylic acids is 1. The first-order chi connectivity index (χ1) is 13.2. The lowest BCUT2D eigenvalue weighted by atomic mass is 10.1. The lowest BCUT2D eigenvalue weighted by Crippen LogP contribution is -2.22. The number of nitrogens with one attached hydrogen (secondary N) is 1. The molecular formula is C21H17N3O3. The van der Waals surface area contributed by atoms with E-state index in [1.807, 2.05) is 37.3 Å². The van der Waals surface area contributed by atoms with E-state index in [2.05, 4.69) is 15.5 Å². The van der Waals surface area contributed by atoms with Gasteiger partial charge in [-0.3, -0.25) is 4.79 Å². The summed E-state index contributed by atoms with van der Waals surface area (Å²) in [5.41, 5.74) is 3.30. The van der Waals surface area contributed by atoms with Crippen molar-refractivity contribution < 1.29 is 13.6 Å². The Hall–Kier alpha value is -3.67. The maximum atomic E-state index is 12.2. The molecule has 6 nitrogen and oxygen atoms in total. The highest BCUT2D eigenvalue weighted by molar-refractivity contribution is 5.94. The fourth-order valence-electron chi connectivity index (χ4n) is 2.68. The Bertz CT molecular complexity index is 1050. The summed E-state index contributed by atoms with van der Waals surface area (Å²) in [4.78, 5) is 12.2. The van der Waals surface area contributed by atoms with Crippen LogP contribution in [-0.4, -0.2) is 16.1 Å². The molecule has 0 fully saturated rings. The van der Waals surface area contributed by atoms with Gasteiger partial charge in [0.05, 0.1) is 12.8 Å². The highest BCUT2D eigenvalue weighted by Crippen LogP contribution is 2.24. The van der Waals surface area contributed by atoms with Gasteiger partial charge >= 0.3 is 0 Å². The van der Waals surface area contributed by atoms with Crippen LogP contribution in [0, 0.1) is 6.92 Å². The van der Waals surface area contributed by atoms with E-state index in [-0.39, 0.29) is 5.91 Å². The van der Waals surface area contributed by atoms with Gasteiger partial charge in [0, 0.05) is 16.7 Å². The van der Waals surface area contributed by atoms with Crippen molar-refractivity contribution in [1.29, 1.82) is 0 Å². The summed E-state index contributed by atoms with van der Waals surface area (Å²) in [5.74, 6) is 1.40. The molecule has 0 saturated heterocycles. The van der Waals surface area contributed by atoms with Crippen molar-refractivity contribution in [3.8, 4) is 22.9 Å². The second-order valence-corrected chi connectivity index (χ2v) is 6.12. The average molecular weight is 359 g/mol. The van der Waals surface area contributed by atoms with Crippen LogP contribution >= 0.6 is 0 Å². The van der Waals surface area contributed by atoms with Crippen molar-refractivity contribution in [3.63, 3.8) is 0 Å². The van der Waals surface area contributed by atoms with Crippen molar-refractivity contribution in [2.45, 2.75) is 13.5 Å². The Kier molecular flexibility index (Phi) is 4.53. The Morgan fingerprint density at radius 2 is 1.74 bits per heavy atom. The topological polar surface area (TPSA) is 81.2 Å². The number of hydrogen-bond donors (Lipinski definition) is 1. The third-order valence-electron chi connectivity index (χ3n) is 4.09. The van der Waals surface area contributed by atoms with Gasteiger partial charge in [0.25, 0.3) is 5.91 Å². The van der Waals surface area contributed by atoms with Crippen LogP contribution in [0.2, 0.25) is 0 Å². The van der Waals surface area contributed by atoms with Gasteiger partial charge in [-0.1, -0.05) is 17.7 Å². The second kappa shape index (κ2) is 7.29. The summed E-state index contributed by atoms with van der Waals surface area (Å²) >= 11 is 0. The maximum Gasteiger partial charge on any atom is 0.251 e. The lowest BCUT2D eigenvalue weighted by Gasteiger charge is -2.04. The van der Waals surface area contributed by atoms with Crippen molar-refractivity contribution in [2.24, 2.45) is 0 Å². The summed E-state index contributed by atoms with van der Waals surface area (Å²) in [7, 11) is 0. The molecule has 4 rings (SSSR count). The van der Waals surface area contributed by atoms with E-state index >= 15 is 0 Å². The van der Waals surface area contributed by atoms with Gasteiger partial charge in [-0.05, 0) is 55.5 Å². The molecule has 2 aromatic heterocycles. The van der Waals surface area contributed by atoms with Crippen LogP contribution in [0.4, 0.5) is 0 Å². The molecule has 4 aromatic rings. The minimum Gasteiger partial charge on any atom is -0.467 e. The Labute approximate surface area is 155 Å². The summed E-state index contributed by atoms with van der Waals surface area (Å²) in [6.07, 6.45) is 1.58. The summed E-state index contributed by atoms with van der Waals surface area (Å²) in [6.45, 7) is 2.35. The molecule has 0 atom stereocenters. The summed E-state index contributed by atoms with van der Waals surface area (Å²) in [6, 6.07) is 18.5. The fourth-order valence-corrected chi connectivity index (χ4v) is 2.68. The minimum absolute atomic E-state index is 0.177. The van der Waals surface area contributed by atoms with Gasteiger partial charge in [-0.25, -0.2) is 0 Å². The predicted octanol–water partition coefficient (Wildman–Crippen LogP) is 4.24. The van der Waals surface area contributed by atoms with E-state index < -0.39 is 0 Å². The van der Waals surface area contributed by atoms with Gasteiger partial charge in [-0.15, -0.1) is 10.2 Å². The van der Waals surface area contributed by atoms with E-state index in [1.54, 1.807) is 36.6 Å². The van der Waals surface area contributed by atoms with Crippen molar-refractivity contribution in [2.75, 3.05) is 0 Å². The van der Waals surface area contributed by atoms with Crippen LogP contribution in [0.5, 0.6) is 0 Å². The van der Waals surface area contributed by atoms with Crippen molar-refractivity contribution in [3.05, 3.63) is 83.8 Å². The zero-order valence-corrected chi connectivity index (χ0v) is 14.7. The third kappa shape index (κ3) is 3.79. The molecule has 0 aliphatic carbocycles. The van der Waals surface area contributed by atoms with E-state index in [0.29, 0.717) is 29.6 Å². The fraction of sp³-hybridized carbons (Fsp3) is 0.0952. The summed E-state index contributed by atoms with van der Waals surface area (Å²) < 4.78 is 11.0. The first kappa shape index (κ1) is 16.8. The Morgan fingerprint density at radius 1 is 0.963 bits per heavy atom. The van der Waals surface area contributed by atoms with Crippen molar-refractivity contribution >= 4 is 5.91 Å². The lowest BCUT2D eigenvalue weighted by molar-refractivity contribution is 0.0948. The molecule has 0 unspecified atom stereocenters. The number of hydrogen-bond acceptors (Lipinski definition) is 5. The quantitative estimate of drug-likeness (QED) is 0.576. The molecular weight excluding hydrogens is 342 g/mol. The molecule has 2 aromatic carbocycles. The monoisotopic (exact) mass is 359 g/mol. The number of amides is 1. The average Bonchev–Trinajstić information content (AvgIpc) is 3.38. The molecule has 27 heavy (non-hydrogen) atoms. The van der Waals surface area contributed by atoms with Crippen LogP contribution in [0.3, 0.4) is 0 Å². The van der Waals surface area contributed by atoms with Crippen LogP contribution in [0.15, 0.2) is 75.8 Å². The number of nitrogens with zero attached hydrogens (tertiary/aromatic N) is 2. The molecule has 0 saturated carbocycles. The SMILES string of the molecule is Cc1cccc(-c2nnc(-c3ccc(C(=O)NCc4ccco4)cc3)o2)c1. The minimum atomic E-state index is -0.177. The highest BCUT2D eigenvalue weighted by Gasteiger charge is 2.12.